The molecule has 0 spiro atoms. The monoisotopic (exact) mass is 249 g/mol. The molecule has 0 saturated carbocycles. The van der Waals surface area contributed by atoms with Gasteiger partial charge < -0.3 is 11.1 Å². The van der Waals surface area contributed by atoms with Crippen molar-refractivity contribution in [1.82, 2.24) is 4.98 Å². The van der Waals surface area contributed by atoms with Crippen molar-refractivity contribution in [3.63, 3.8) is 0 Å². The molecule has 2 rings (SSSR count). The van der Waals surface area contributed by atoms with Crippen LogP contribution in [0.5, 0.6) is 0 Å². The van der Waals surface area contributed by atoms with Crippen molar-refractivity contribution in [2.45, 2.75) is 26.8 Å². The molecule has 3 N–H and O–H groups in total. The van der Waals surface area contributed by atoms with Crippen LogP contribution in [0.25, 0.3) is 10.2 Å². The number of hydrogen-bond acceptors (Lipinski definition) is 4. The molecule has 5 heteroatoms. The predicted molar refractivity (Wildman–Crippen MR) is 71.4 cm³/mol. The standard InChI is InChI=1S/C12H15N3OS/c1-6-4-7(2)10-9(5-6)17-12(14-10)15-11(16)8(3)13/h4-5,8H,13H2,1-3H3,(H,14,15,16). The summed E-state index contributed by atoms with van der Waals surface area (Å²) in [5, 5.41) is 3.33. The second kappa shape index (κ2) is 4.43. The SMILES string of the molecule is Cc1cc(C)c2nc(NC(=O)C(C)N)sc2c1. The number of aromatic nitrogens is 1. The Bertz CT molecular complexity index is 574. The van der Waals surface area contributed by atoms with E-state index in [1.165, 1.54) is 16.9 Å². The maximum Gasteiger partial charge on any atom is 0.242 e. The first-order chi connectivity index (χ1) is 7.97. The number of nitrogens with zero attached hydrogens (tertiary/aromatic N) is 1. The highest BCUT2D eigenvalue weighted by Crippen LogP contribution is 2.29. The molecule has 17 heavy (non-hydrogen) atoms. The van der Waals surface area contributed by atoms with Gasteiger partial charge in [-0.3, -0.25) is 4.79 Å². The lowest BCUT2D eigenvalue weighted by molar-refractivity contribution is -0.117. The van der Waals surface area contributed by atoms with E-state index in [4.69, 9.17) is 5.73 Å². The number of aryl methyl sites for hydroxylation is 2. The van der Waals surface area contributed by atoms with E-state index in [1.807, 2.05) is 13.8 Å². The third-order valence-electron chi connectivity index (χ3n) is 2.47. The van der Waals surface area contributed by atoms with Crippen molar-refractivity contribution >= 4 is 32.6 Å². The number of anilines is 1. The van der Waals surface area contributed by atoms with Gasteiger partial charge >= 0.3 is 0 Å². The van der Waals surface area contributed by atoms with Crippen LogP contribution in [0.4, 0.5) is 5.13 Å². The Hall–Kier alpha value is -1.46. The first-order valence-electron chi connectivity index (χ1n) is 5.41. The lowest BCUT2D eigenvalue weighted by Crippen LogP contribution is -2.32. The van der Waals surface area contributed by atoms with E-state index in [9.17, 15) is 4.79 Å². The summed E-state index contributed by atoms with van der Waals surface area (Å²) in [6.45, 7) is 5.72. The van der Waals surface area contributed by atoms with Gasteiger partial charge in [-0.25, -0.2) is 4.98 Å². The molecule has 4 nitrogen and oxygen atoms in total. The van der Waals surface area contributed by atoms with E-state index in [-0.39, 0.29) is 5.91 Å². The number of rotatable bonds is 2. The number of fused-ring (bicyclic) bond motifs is 1. The fourth-order valence-electron chi connectivity index (χ4n) is 1.64. The number of nitrogens with one attached hydrogen (secondary N) is 1. The van der Waals surface area contributed by atoms with Crippen molar-refractivity contribution in [3.05, 3.63) is 23.3 Å². The summed E-state index contributed by atoms with van der Waals surface area (Å²) in [7, 11) is 0. The quantitative estimate of drug-likeness (QED) is 0.857. The van der Waals surface area contributed by atoms with Crippen LogP contribution in [0.15, 0.2) is 12.1 Å². The molecule has 1 unspecified atom stereocenters. The number of nitrogens with two attached hydrogens (primary N) is 1. The minimum absolute atomic E-state index is 0.210. The Balaban J connectivity index is 2.38. The molecule has 1 aromatic heterocycles. The maximum atomic E-state index is 11.5. The largest absolute Gasteiger partial charge is 0.320 e. The smallest absolute Gasteiger partial charge is 0.242 e. The molecule has 0 aliphatic carbocycles. The summed E-state index contributed by atoms with van der Waals surface area (Å²) in [5.41, 5.74) is 8.76. The number of hydrogen-bond donors (Lipinski definition) is 2. The summed E-state index contributed by atoms with van der Waals surface area (Å²) in [6.07, 6.45) is 0. The van der Waals surface area contributed by atoms with Gasteiger partial charge in [-0.05, 0) is 38.0 Å². The van der Waals surface area contributed by atoms with Gasteiger partial charge in [0.1, 0.15) is 0 Å². The number of amides is 1. The second-order valence-electron chi connectivity index (χ2n) is 4.23. The predicted octanol–water partition coefficient (Wildman–Crippen LogP) is 2.20. The first-order valence-corrected chi connectivity index (χ1v) is 6.23. The summed E-state index contributed by atoms with van der Waals surface area (Å²) in [4.78, 5) is 15.9. The lowest BCUT2D eigenvalue weighted by Gasteiger charge is -2.03. The third kappa shape index (κ3) is 2.45. The van der Waals surface area contributed by atoms with Crippen LogP contribution in [-0.2, 0) is 4.79 Å². The highest BCUT2D eigenvalue weighted by molar-refractivity contribution is 7.22. The zero-order valence-corrected chi connectivity index (χ0v) is 10.9. The highest BCUT2D eigenvalue weighted by Gasteiger charge is 2.12. The molecule has 0 radical (unpaired) electrons. The maximum absolute atomic E-state index is 11.5. The minimum atomic E-state index is -0.523. The van der Waals surface area contributed by atoms with Gasteiger partial charge in [-0.15, -0.1) is 0 Å². The first kappa shape index (κ1) is 12.0. The van der Waals surface area contributed by atoms with Gasteiger partial charge in [-0.1, -0.05) is 17.4 Å². The summed E-state index contributed by atoms with van der Waals surface area (Å²) < 4.78 is 1.09. The van der Waals surface area contributed by atoms with Crippen molar-refractivity contribution in [2.75, 3.05) is 5.32 Å². The molecule has 1 aromatic carbocycles. The van der Waals surface area contributed by atoms with Gasteiger partial charge in [0.2, 0.25) is 5.91 Å². The van der Waals surface area contributed by atoms with Gasteiger partial charge in [0.05, 0.1) is 16.3 Å². The van der Waals surface area contributed by atoms with E-state index in [0.29, 0.717) is 5.13 Å². The van der Waals surface area contributed by atoms with Crippen molar-refractivity contribution in [3.8, 4) is 0 Å². The Kier molecular flexibility index (Phi) is 3.13. The van der Waals surface area contributed by atoms with Crippen molar-refractivity contribution in [2.24, 2.45) is 5.73 Å². The van der Waals surface area contributed by atoms with E-state index in [1.54, 1.807) is 6.92 Å². The van der Waals surface area contributed by atoms with Crippen LogP contribution in [0, 0.1) is 13.8 Å². The van der Waals surface area contributed by atoms with Gasteiger partial charge in [0, 0.05) is 0 Å². The molecule has 90 valence electrons. The average molecular weight is 249 g/mol. The van der Waals surface area contributed by atoms with E-state index in [0.717, 1.165) is 15.8 Å². The molecule has 0 saturated heterocycles. The number of benzene rings is 1. The molecule has 1 atom stereocenters. The number of thiazole rings is 1. The molecule has 0 fully saturated rings. The molecule has 0 aliphatic heterocycles. The molecule has 1 heterocycles. The second-order valence-corrected chi connectivity index (χ2v) is 5.26. The normalized spacial score (nSPS) is 12.7. The van der Waals surface area contributed by atoms with E-state index >= 15 is 0 Å². The molecule has 0 aliphatic rings. The average Bonchev–Trinajstić information content (AvgIpc) is 2.60. The van der Waals surface area contributed by atoms with Crippen LogP contribution < -0.4 is 11.1 Å². The molecule has 0 bridgehead atoms. The Morgan fingerprint density at radius 2 is 2.18 bits per heavy atom. The zero-order valence-electron chi connectivity index (χ0n) is 10.1. The fraction of sp³-hybridized carbons (Fsp3) is 0.333. The topological polar surface area (TPSA) is 68.0 Å². The van der Waals surface area contributed by atoms with Crippen LogP contribution in [0.3, 0.4) is 0 Å². The van der Waals surface area contributed by atoms with Crippen LogP contribution in [0.1, 0.15) is 18.1 Å². The van der Waals surface area contributed by atoms with Gasteiger partial charge in [0.25, 0.3) is 0 Å². The number of carbonyl (C=O) groups excluding carboxylic acids is 1. The van der Waals surface area contributed by atoms with Crippen molar-refractivity contribution < 1.29 is 4.79 Å². The number of carbonyl (C=O) groups is 1. The molecule has 2 aromatic rings. The highest BCUT2D eigenvalue weighted by atomic mass is 32.1. The molecule has 1 amide bonds. The van der Waals surface area contributed by atoms with Gasteiger partial charge in [-0.2, -0.15) is 0 Å². The molecular formula is C12H15N3OS. The van der Waals surface area contributed by atoms with E-state index < -0.39 is 6.04 Å². The Morgan fingerprint density at radius 1 is 1.47 bits per heavy atom. The summed E-state index contributed by atoms with van der Waals surface area (Å²) in [5.74, 6) is -0.210. The summed E-state index contributed by atoms with van der Waals surface area (Å²) in [6, 6.07) is 3.63. The minimum Gasteiger partial charge on any atom is -0.320 e. The fourth-order valence-corrected chi connectivity index (χ4v) is 2.69. The van der Waals surface area contributed by atoms with E-state index in [2.05, 4.69) is 22.4 Å². The summed E-state index contributed by atoms with van der Waals surface area (Å²) >= 11 is 1.47. The van der Waals surface area contributed by atoms with Crippen LogP contribution in [0.2, 0.25) is 0 Å². The molecular weight excluding hydrogens is 234 g/mol. The van der Waals surface area contributed by atoms with Crippen molar-refractivity contribution in [1.29, 1.82) is 0 Å². The van der Waals surface area contributed by atoms with Crippen LogP contribution in [-0.4, -0.2) is 16.9 Å². The Labute approximate surface area is 104 Å². The van der Waals surface area contributed by atoms with Gasteiger partial charge in [0.15, 0.2) is 5.13 Å². The van der Waals surface area contributed by atoms with Crippen LogP contribution >= 0.6 is 11.3 Å². The zero-order chi connectivity index (χ0) is 12.6. The third-order valence-corrected chi connectivity index (χ3v) is 3.39. The lowest BCUT2D eigenvalue weighted by atomic mass is 10.1. The Morgan fingerprint density at radius 3 is 2.82 bits per heavy atom.